The number of rotatable bonds is 3. The molecule has 1 aliphatic heterocycles. The zero-order valence-corrected chi connectivity index (χ0v) is 17.1. The zero-order chi connectivity index (χ0) is 20.3. The third-order valence-electron chi connectivity index (χ3n) is 5.09. The normalized spacial score (nSPS) is 24.6. The molecule has 0 bridgehead atoms. The Kier molecular flexibility index (Phi) is 10.4. The van der Waals surface area contributed by atoms with Gasteiger partial charge in [-0.2, -0.15) is 0 Å². The topological polar surface area (TPSA) is 98.7 Å². The first kappa shape index (κ1) is 23.4. The van der Waals surface area contributed by atoms with E-state index in [0.717, 1.165) is 32.1 Å². The van der Waals surface area contributed by atoms with Crippen molar-refractivity contribution in [1.82, 2.24) is 15.7 Å². The minimum atomic E-state index is -0.663. The molecule has 1 rings (SSSR count). The van der Waals surface area contributed by atoms with Crippen LogP contribution < -0.4 is 10.6 Å². The van der Waals surface area contributed by atoms with Crippen molar-refractivity contribution in [2.45, 2.75) is 84.6 Å². The van der Waals surface area contributed by atoms with E-state index in [9.17, 15) is 19.6 Å². The van der Waals surface area contributed by atoms with E-state index in [-0.39, 0.29) is 18.4 Å². The fourth-order valence-electron chi connectivity index (χ4n) is 3.40. The summed E-state index contributed by atoms with van der Waals surface area (Å²) in [6.07, 6.45) is 9.49. The van der Waals surface area contributed by atoms with E-state index < -0.39 is 17.4 Å². The first-order valence-corrected chi connectivity index (χ1v) is 10.2. The van der Waals surface area contributed by atoms with E-state index in [1.807, 2.05) is 20.8 Å². The highest BCUT2D eigenvalue weighted by atomic mass is 16.5. The number of carbonyl (C=O) groups is 3. The molecule has 0 aliphatic carbocycles. The smallest absolute Gasteiger partial charge is 0.243 e. The SMILES string of the molecule is CC(C)(C)[C@H]1NC(=O)C(CN(O)C=O)CCCCCCCCCCNC1=O. The molecule has 1 saturated heterocycles. The maximum absolute atomic E-state index is 12.8. The molecule has 3 amide bonds. The van der Waals surface area contributed by atoms with Crippen LogP contribution in [0.4, 0.5) is 0 Å². The average Bonchev–Trinajstić information content (AvgIpc) is 2.60. The molecule has 0 aromatic rings. The molecule has 1 heterocycles. The Hall–Kier alpha value is -1.63. The van der Waals surface area contributed by atoms with Gasteiger partial charge in [0.1, 0.15) is 6.04 Å². The van der Waals surface area contributed by atoms with Crippen LogP contribution in [0, 0.1) is 11.3 Å². The Labute approximate surface area is 163 Å². The average molecular weight is 384 g/mol. The lowest BCUT2D eigenvalue weighted by Gasteiger charge is -2.32. The van der Waals surface area contributed by atoms with Gasteiger partial charge in [0, 0.05) is 6.54 Å². The van der Waals surface area contributed by atoms with E-state index in [1.54, 1.807) is 0 Å². The van der Waals surface area contributed by atoms with Crippen molar-refractivity contribution in [3.8, 4) is 0 Å². The first-order valence-electron chi connectivity index (χ1n) is 10.2. The lowest BCUT2D eigenvalue weighted by molar-refractivity contribution is -0.155. The van der Waals surface area contributed by atoms with E-state index in [1.165, 1.54) is 19.3 Å². The largest absolute Gasteiger partial charge is 0.354 e. The van der Waals surface area contributed by atoms with Crippen LogP contribution in [0.3, 0.4) is 0 Å². The van der Waals surface area contributed by atoms with Gasteiger partial charge in [0.15, 0.2) is 0 Å². The van der Waals surface area contributed by atoms with Gasteiger partial charge in [-0.05, 0) is 18.3 Å². The minimum Gasteiger partial charge on any atom is -0.354 e. The molecule has 0 aromatic heterocycles. The summed E-state index contributed by atoms with van der Waals surface area (Å²) in [6, 6.07) is -0.663. The van der Waals surface area contributed by atoms with E-state index in [4.69, 9.17) is 0 Å². The van der Waals surface area contributed by atoms with E-state index >= 15 is 0 Å². The van der Waals surface area contributed by atoms with Gasteiger partial charge < -0.3 is 10.6 Å². The summed E-state index contributed by atoms with van der Waals surface area (Å²) in [5, 5.41) is 15.9. The van der Waals surface area contributed by atoms with Gasteiger partial charge in [0.25, 0.3) is 0 Å². The number of hydroxylamine groups is 2. The molecule has 0 saturated carbocycles. The highest BCUT2D eigenvalue weighted by molar-refractivity contribution is 5.89. The summed E-state index contributed by atoms with van der Waals surface area (Å²) < 4.78 is 0. The van der Waals surface area contributed by atoms with Crippen molar-refractivity contribution in [2.75, 3.05) is 13.1 Å². The minimum absolute atomic E-state index is 0.0617. The molecule has 0 aromatic carbocycles. The van der Waals surface area contributed by atoms with E-state index in [0.29, 0.717) is 24.4 Å². The van der Waals surface area contributed by atoms with Crippen molar-refractivity contribution in [3.63, 3.8) is 0 Å². The molecule has 7 heteroatoms. The fourth-order valence-corrected chi connectivity index (χ4v) is 3.40. The summed E-state index contributed by atoms with van der Waals surface area (Å²) in [5.74, 6) is -1.01. The maximum atomic E-state index is 12.8. The van der Waals surface area contributed by atoms with Crippen LogP contribution in [0.5, 0.6) is 0 Å². The van der Waals surface area contributed by atoms with Crippen LogP contribution in [0.25, 0.3) is 0 Å². The van der Waals surface area contributed by atoms with Crippen LogP contribution >= 0.6 is 0 Å². The lowest BCUT2D eigenvalue weighted by Crippen LogP contribution is -2.55. The van der Waals surface area contributed by atoms with Gasteiger partial charge >= 0.3 is 0 Å². The van der Waals surface area contributed by atoms with Gasteiger partial charge in [-0.25, -0.2) is 5.06 Å². The molecule has 3 N–H and O–H groups in total. The first-order chi connectivity index (χ1) is 12.8. The lowest BCUT2D eigenvalue weighted by atomic mass is 9.85. The number of nitrogens with one attached hydrogen (secondary N) is 2. The molecule has 2 atom stereocenters. The van der Waals surface area contributed by atoms with Crippen molar-refractivity contribution in [3.05, 3.63) is 0 Å². The Bertz CT molecular complexity index is 476. The highest BCUT2D eigenvalue weighted by Crippen LogP contribution is 2.21. The number of hydrogen-bond donors (Lipinski definition) is 3. The Morgan fingerprint density at radius 3 is 2.11 bits per heavy atom. The van der Waals surface area contributed by atoms with Gasteiger partial charge in [-0.3, -0.25) is 19.6 Å². The second-order valence-electron chi connectivity index (χ2n) is 8.64. The van der Waals surface area contributed by atoms with Crippen molar-refractivity contribution >= 4 is 18.2 Å². The van der Waals surface area contributed by atoms with Crippen molar-refractivity contribution < 1.29 is 19.6 Å². The van der Waals surface area contributed by atoms with Crippen LogP contribution in [0.2, 0.25) is 0 Å². The molecular weight excluding hydrogens is 346 g/mol. The number of carbonyl (C=O) groups excluding carboxylic acids is 3. The van der Waals surface area contributed by atoms with E-state index in [2.05, 4.69) is 10.6 Å². The van der Waals surface area contributed by atoms with Gasteiger partial charge in [-0.15, -0.1) is 0 Å². The van der Waals surface area contributed by atoms with Crippen LogP contribution in [0.1, 0.15) is 78.6 Å². The summed E-state index contributed by atoms with van der Waals surface area (Å²) in [6.45, 7) is 6.28. The fraction of sp³-hybridized carbons (Fsp3) is 0.850. The highest BCUT2D eigenvalue weighted by Gasteiger charge is 2.34. The quantitative estimate of drug-likeness (QED) is 0.396. The molecular formula is C20H37N3O4. The second-order valence-corrected chi connectivity index (χ2v) is 8.64. The van der Waals surface area contributed by atoms with Crippen LogP contribution in [-0.4, -0.2) is 47.6 Å². The summed E-state index contributed by atoms with van der Waals surface area (Å²) in [4.78, 5) is 36.2. The molecule has 1 fully saturated rings. The Morgan fingerprint density at radius 2 is 1.56 bits per heavy atom. The maximum Gasteiger partial charge on any atom is 0.243 e. The third kappa shape index (κ3) is 9.22. The number of nitrogens with zero attached hydrogens (tertiary/aromatic N) is 1. The zero-order valence-electron chi connectivity index (χ0n) is 17.1. The van der Waals surface area contributed by atoms with Gasteiger partial charge in [0.05, 0.1) is 12.5 Å². The third-order valence-corrected chi connectivity index (χ3v) is 5.09. The number of amides is 3. The van der Waals surface area contributed by atoms with Gasteiger partial charge in [-0.1, -0.05) is 65.7 Å². The molecule has 1 aliphatic rings. The second kappa shape index (κ2) is 12.0. The number of hydrogen-bond acceptors (Lipinski definition) is 4. The molecule has 1 unspecified atom stereocenters. The van der Waals surface area contributed by atoms with Crippen molar-refractivity contribution in [1.29, 1.82) is 0 Å². The Balaban J connectivity index is 2.88. The summed E-state index contributed by atoms with van der Waals surface area (Å²) >= 11 is 0. The predicted octanol–water partition coefficient (Wildman–Crippen LogP) is 2.62. The van der Waals surface area contributed by atoms with Crippen molar-refractivity contribution in [2.24, 2.45) is 11.3 Å². The van der Waals surface area contributed by atoms with Crippen LogP contribution in [0.15, 0.2) is 0 Å². The summed E-state index contributed by atoms with van der Waals surface area (Å²) in [5.41, 5.74) is -0.445. The summed E-state index contributed by atoms with van der Waals surface area (Å²) in [7, 11) is 0. The molecule has 0 spiro atoms. The predicted molar refractivity (Wildman–Crippen MR) is 104 cm³/mol. The standard InChI is InChI=1S/C20H37N3O4/c1-20(2,3)17-19(26)21-13-11-9-7-5-4-6-8-10-12-16(18(25)22-17)14-23(27)15-24/h15-17,27H,4-14H2,1-3H3,(H,21,26)(H,22,25)/t16?,17-/m0/s1. The molecule has 156 valence electrons. The molecule has 0 radical (unpaired) electrons. The van der Waals surface area contributed by atoms with Gasteiger partial charge in [0.2, 0.25) is 18.2 Å². The monoisotopic (exact) mass is 383 g/mol. The molecule has 7 nitrogen and oxygen atoms in total. The Morgan fingerprint density at radius 1 is 1.00 bits per heavy atom. The van der Waals surface area contributed by atoms with Crippen LogP contribution in [-0.2, 0) is 14.4 Å². The molecule has 27 heavy (non-hydrogen) atoms.